The van der Waals surface area contributed by atoms with Gasteiger partial charge in [-0.05, 0) is 19.9 Å². The second-order valence-corrected chi connectivity index (χ2v) is 6.41. The van der Waals surface area contributed by atoms with Crippen LogP contribution in [0.3, 0.4) is 0 Å². The predicted octanol–water partition coefficient (Wildman–Crippen LogP) is 2.92. The number of methoxy groups -OCH3 is 1. The Morgan fingerprint density at radius 2 is 2.19 bits per heavy atom. The van der Waals surface area contributed by atoms with Crippen LogP contribution in [0.1, 0.15) is 11.4 Å². The number of benzene rings is 1. The van der Waals surface area contributed by atoms with Crippen molar-refractivity contribution in [1.82, 2.24) is 9.55 Å². The summed E-state index contributed by atoms with van der Waals surface area (Å²) in [5, 5.41) is 13.8. The standard InChI is InChI=1S/C16H19FN4O4S/c1-10-11(2)20(6-7-25-3)16(18-10)26-9-15(22)19-14-8-12(21(23)24)4-5-13(14)17/h4-5,8H,6-7,9H2,1-3H3,(H,19,22). The lowest BCUT2D eigenvalue weighted by Gasteiger charge is -2.09. The van der Waals surface area contributed by atoms with Crippen LogP contribution in [-0.4, -0.2) is 39.9 Å². The molecule has 10 heteroatoms. The van der Waals surface area contributed by atoms with Gasteiger partial charge in [0.2, 0.25) is 5.91 Å². The van der Waals surface area contributed by atoms with Gasteiger partial charge in [-0.25, -0.2) is 9.37 Å². The van der Waals surface area contributed by atoms with Crippen molar-refractivity contribution in [2.75, 3.05) is 24.8 Å². The van der Waals surface area contributed by atoms with E-state index in [2.05, 4.69) is 10.3 Å². The lowest BCUT2D eigenvalue weighted by atomic mass is 10.2. The smallest absolute Gasteiger partial charge is 0.271 e. The largest absolute Gasteiger partial charge is 0.383 e. The number of ether oxygens (including phenoxy) is 1. The van der Waals surface area contributed by atoms with E-state index in [1.165, 1.54) is 11.8 Å². The Bertz CT molecular complexity index is 825. The summed E-state index contributed by atoms with van der Waals surface area (Å²) < 4.78 is 20.8. The molecule has 2 aromatic rings. The van der Waals surface area contributed by atoms with Gasteiger partial charge in [-0.3, -0.25) is 14.9 Å². The molecule has 1 N–H and O–H groups in total. The van der Waals surface area contributed by atoms with Crippen molar-refractivity contribution in [3.8, 4) is 0 Å². The van der Waals surface area contributed by atoms with Gasteiger partial charge in [0.1, 0.15) is 5.82 Å². The number of nitrogens with zero attached hydrogens (tertiary/aromatic N) is 3. The van der Waals surface area contributed by atoms with Crippen LogP contribution in [0, 0.1) is 29.8 Å². The highest BCUT2D eigenvalue weighted by molar-refractivity contribution is 7.99. The van der Waals surface area contributed by atoms with Crippen LogP contribution in [0.15, 0.2) is 23.4 Å². The Balaban J connectivity index is 2.05. The summed E-state index contributed by atoms with van der Waals surface area (Å²) in [5.41, 5.74) is 1.32. The maximum atomic E-state index is 13.7. The van der Waals surface area contributed by atoms with E-state index in [0.29, 0.717) is 18.3 Å². The number of aromatic nitrogens is 2. The number of amides is 1. The molecule has 0 saturated carbocycles. The highest BCUT2D eigenvalue weighted by Crippen LogP contribution is 2.23. The van der Waals surface area contributed by atoms with E-state index >= 15 is 0 Å². The minimum Gasteiger partial charge on any atom is -0.383 e. The third-order valence-electron chi connectivity index (χ3n) is 3.71. The first kappa shape index (κ1) is 19.9. The first-order valence-corrected chi connectivity index (χ1v) is 8.71. The van der Waals surface area contributed by atoms with Gasteiger partial charge in [0.25, 0.3) is 5.69 Å². The quantitative estimate of drug-likeness (QED) is 0.428. The SMILES string of the molecule is COCCn1c(SCC(=O)Nc2cc([N+](=O)[O-])ccc2F)nc(C)c1C. The lowest BCUT2D eigenvalue weighted by molar-refractivity contribution is -0.384. The van der Waals surface area contributed by atoms with E-state index in [4.69, 9.17) is 4.74 Å². The molecule has 1 aromatic carbocycles. The van der Waals surface area contributed by atoms with Crippen molar-refractivity contribution in [2.24, 2.45) is 0 Å². The molecule has 26 heavy (non-hydrogen) atoms. The number of hydrogen-bond donors (Lipinski definition) is 1. The molecule has 0 fully saturated rings. The number of thioether (sulfide) groups is 1. The molecular formula is C16H19FN4O4S. The van der Waals surface area contributed by atoms with Gasteiger partial charge in [-0.15, -0.1) is 0 Å². The molecule has 0 aliphatic heterocycles. The fraction of sp³-hybridized carbons (Fsp3) is 0.375. The summed E-state index contributed by atoms with van der Waals surface area (Å²) in [5.74, 6) is -1.22. The third-order valence-corrected chi connectivity index (χ3v) is 4.69. The fourth-order valence-electron chi connectivity index (χ4n) is 2.22. The van der Waals surface area contributed by atoms with Gasteiger partial charge in [0.05, 0.1) is 28.7 Å². The third kappa shape index (κ3) is 4.79. The van der Waals surface area contributed by atoms with E-state index in [1.54, 1.807) is 7.11 Å². The van der Waals surface area contributed by atoms with Crippen molar-refractivity contribution in [2.45, 2.75) is 25.5 Å². The maximum absolute atomic E-state index is 13.7. The molecule has 0 unspecified atom stereocenters. The number of nitrogens with one attached hydrogen (secondary N) is 1. The Morgan fingerprint density at radius 3 is 2.85 bits per heavy atom. The fourth-order valence-corrected chi connectivity index (χ4v) is 3.14. The summed E-state index contributed by atoms with van der Waals surface area (Å²) >= 11 is 1.20. The van der Waals surface area contributed by atoms with E-state index in [1.807, 2.05) is 18.4 Å². The molecule has 1 aromatic heterocycles. The molecule has 0 saturated heterocycles. The number of imidazole rings is 1. The number of anilines is 1. The number of carbonyl (C=O) groups excluding carboxylic acids is 1. The molecule has 0 aliphatic carbocycles. The molecule has 0 spiro atoms. The zero-order valence-corrected chi connectivity index (χ0v) is 15.4. The number of hydrogen-bond acceptors (Lipinski definition) is 6. The van der Waals surface area contributed by atoms with Crippen LogP contribution in [0.2, 0.25) is 0 Å². The van der Waals surface area contributed by atoms with Crippen molar-refractivity contribution in [3.05, 3.63) is 45.5 Å². The van der Waals surface area contributed by atoms with Crippen LogP contribution in [0.4, 0.5) is 15.8 Å². The number of nitro groups is 1. The number of non-ortho nitro benzene ring substituents is 1. The Labute approximate surface area is 153 Å². The van der Waals surface area contributed by atoms with Gasteiger partial charge in [0.15, 0.2) is 5.16 Å². The van der Waals surface area contributed by atoms with E-state index in [0.717, 1.165) is 29.6 Å². The topological polar surface area (TPSA) is 99.3 Å². The second kappa shape index (κ2) is 8.77. The van der Waals surface area contributed by atoms with Crippen molar-refractivity contribution >= 4 is 29.0 Å². The normalized spacial score (nSPS) is 10.8. The number of halogens is 1. The summed E-state index contributed by atoms with van der Waals surface area (Å²) in [6.07, 6.45) is 0. The van der Waals surface area contributed by atoms with E-state index in [9.17, 15) is 19.3 Å². The Morgan fingerprint density at radius 1 is 1.46 bits per heavy atom. The Kier molecular flexibility index (Phi) is 6.70. The lowest BCUT2D eigenvalue weighted by Crippen LogP contribution is -2.16. The van der Waals surface area contributed by atoms with Crippen molar-refractivity contribution in [1.29, 1.82) is 0 Å². The zero-order valence-electron chi connectivity index (χ0n) is 14.6. The minimum absolute atomic E-state index is 0.00892. The Hall–Kier alpha value is -2.46. The monoisotopic (exact) mass is 382 g/mol. The van der Waals surface area contributed by atoms with Crippen molar-refractivity contribution in [3.63, 3.8) is 0 Å². The molecule has 0 aliphatic rings. The summed E-state index contributed by atoms with van der Waals surface area (Å²) in [6.45, 7) is 4.92. The second-order valence-electron chi connectivity index (χ2n) is 5.47. The van der Waals surface area contributed by atoms with Crippen LogP contribution < -0.4 is 5.32 Å². The molecule has 0 radical (unpaired) electrons. The average Bonchev–Trinajstić information content (AvgIpc) is 2.87. The highest BCUT2D eigenvalue weighted by atomic mass is 32.2. The highest BCUT2D eigenvalue weighted by Gasteiger charge is 2.16. The number of carbonyl (C=O) groups is 1. The number of aryl methyl sites for hydroxylation is 1. The predicted molar refractivity (Wildman–Crippen MR) is 96.0 cm³/mol. The van der Waals surface area contributed by atoms with Gasteiger partial charge in [-0.1, -0.05) is 11.8 Å². The molecule has 0 bridgehead atoms. The number of nitro benzene ring substituents is 1. The van der Waals surface area contributed by atoms with Crippen LogP contribution in [0.5, 0.6) is 0 Å². The zero-order chi connectivity index (χ0) is 19.3. The first-order valence-electron chi connectivity index (χ1n) is 7.72. The minimum atomic E-state index is -0.734. The van der Waals surface area contributed by atoms with Crippen LogP contribution >= 0.6 is 11.8 Å². The van der Waals surface area contributed by atoms with Gasteiger partial charge in [-0.2, -0.15) is 0 Å². The van der Waals surface area contributed by atoms with Gasteiger partial charge in [0, 0.05) is 31.5 Å². The maximum Gasteiger partial charge on any atom is 0.271 e. The number of rotatable bonds is 8. The first-order chi connectivity index (χ1) is 12.3. The molecule has 1 amide bonds. The molecule has 8 nitrogen and oxygen atoms in total. The van der Waals surface area contributed by atoms with Gasteiger partial charge >= 0.3 is 0 Å². The van der Waals surface area contributed by atoms with Crippen LogP contribution in [0.25, 0.3) is 0 Å². The molecular weight excluding hydrogens is 363 g/mol. The summed E-state index contributed by atoms with van der Waals surface area (Å²) in [4.78, 5) is 26.6. The summed E-state index contributed by atoms with van der Waals surface area (Å²) in [6, 6.07) is 2.98. The van der Waals surface area contributed by atoms with E-state index < -0.39 is 16.6 Å². The molecule has 2 rings (SSSR count). The van der Waals surface area contributed by atoms with Crippen molar-refractivity contribution < 1.29 is 18.8 Å². The molecule has 140 valence electrons. The molecule has 1 heterocycles. The van der Waals surface area contributed by atoms with Gasteiger partial charge < -0.3 is 14.6 Å². The van der Waals surface area contributed by atoms with Crippen LogP contribution in [-0.2, 0) is 16.1 Å². The molecule has 0 atom stereocenters. The summed E-state index contributed by atoms with van der Waals surface area (Å²) in [7, 11) is 1.60. The van der Waals surface area contributed by atoms with E-state index in [-0.39, 0.29) is 17.1 Å². The average molecular weight is 382 g/mol.